The molecule has 0 bridgehead atoms. The van der Waals surface area contributed by atoms with E-state index in [0.717, 1.165) is 0 Å². The molecule has 2 N–H and O–H groups in total. The van der Waals surface area contributed by atoms with E-state index in [2.05, 4.69) is 25.9 Å². The van der Waals surface area contributed by atoms with Crippen LogP contribution in [0.3, 0.4) is 0 Å². The lowest BCUT2D eigenvalue weighted by molar-refractivity contribution is 0.0689. The Balaban J connectivity index is 3.48. The summed E-state index contributed by atoms with van der Waals surface area (Å²) in [5.74, 6) is -0.584. The Bertz CT molecular complexity index is 429. The molecule has 14 heavy (non-hydrogen) atoms. The minimum absolute atomic E-state index is 0.00806. The molecule has 0 aliphatic carbocycles. The highest BCUT2D eigenvalue weighted by molar-refractivity contribution is 9.10. The Hall–Kier alpha value is -0.950. The predicted molar refractivity (Wildman–Crippen MR) is 58.4 cm³/mol. The minimum Gasteiger partial charge on any atom is -0.477 e. The lowest BCUT2D eigenvalue weighted by Gasteiger charge is -2.13. The van der Waals surface area contributed by atoms with Crippen LogP contribution in [0.4, 0.5) is 5.82 Å². The summed E-state index contributed by atoms with van der Waals surface area (Å²) in [4.78, 5) is 19.0. The van der Waals surface area contributed by atoms with Crippen LogP contribution in [0, 0.1) is 4.77 Å². The highest BCUT2D eigenvalue weighted by Crippen LogP contribution is 2.24. The smallest absolute Gasteiger partial charge is 0.353 e. The monoisotopic (exact) mass is 277 g/mol. The zero-order valence-corrected chi connectivity index (χ0v) is 9.94. The second kappa shape index (κ2) is 4.05. The van der Waals surface area contributed by atoms with Gasteiger partial charge in [-0.15, -0.1) is 0 Å². The fraction of sp³-hybridized carbons (Fsp3) is 0.286. The SMILES string of the molecule is CN(C)c1nc(=S)[nH]c(C(=O)O)c1Br. The lowest BCUT2D eigenvalue weighted by atomic mass is 10.4. The summed E-state index contributed by atoms with van der Waals surface area (Å²) >= 11 is 7.96. The summed E-state index contributed by atoms with van der Waals surface area (Å²) in [6.45, 7) is 0. The van der Waals surface area contributed by atoms with Crippen LogP contribution in [-0.4, -0.2) is 35.1 Å². The van der Waals surface area contributed by atoms with Crippen LogP contribution in [-0.2, 0) is 0 Å². The Morgan fingerprint density at radius 2 is 2.21 bits per heavy atom. The Labute approximate surface area is 93.9 Å². The van der Waals surface area contributed by atoms with Gasteiger partial charge in [0.25, 0.3) is 0 Å². The number of hydrogen-bond acceptors (Lipinski definition) is 4. The molecule has 0 spiro atoms. The van der Waals surface area contributed by atoms with E-state index in [0.29, 0.717) is 10.3 Å². The minimum atomic E-state index is -1.08. The number of carboxylic acids is 1. The van der Waals surface area contributed by atoms with E-state index in [1.54, 1.807) is 19.0 Å². The zero-order chi connectivity index (χ0) is 10.9. The van der Waals surface area contributed by atoms with E-state index in [4.69, 9.17) is 17.3 Å². The number of rotatable bonds is 2. The van der Waals surface area contributed by atoms with Crippen molar-refractivity contribution in [3.63, 3.8) is 0 Å². The zero-order valence-electron chi connectivity index (χ0n) is 7.54. The molecule has 0 amide bonds. The summed E-state index contributed by atoms with van der Waals surface area (Å²) < 4.78 is 0.540. The van der Waals surface area contributed by atoms with Crippen molar-refractivity contribution in [3.05, 3.63) is 14.9 Å². The third-order valence-corrected chi connectivity index (χ3v) is 2.44. The van der Waals surface area contributed by atoms with Crippen LogP contribution in [0.1, 0.15) is 10.5 Å². The molecule has 0 fully saturated rings. The fourth-order valence-corrected chi connectivity index (χ4v) is 1.79. The molecule has 0 aromatic carbocycles. The number of halogens is 1. The standard InChI is InChI=1S/C7H8BrN3O2S/c1-11(2)5-3(8)4(6(12)13)9-7(14)10-5/h1-2H3,(H,12,13)(H,9,10,14). The van der Waals surface area contributed by atoms with Gasteiger partial charge in [0.05, 0.1) is 4.47 Å². The molecule has 5 nitrogen and oxygen atoms in total. The molecule has 1 rings (SSSR count). The highest BCUT2D eigenvalue weighted by Gasteiger charge is 2.15. The lowest BCUT2D eigenvalue weighted by Crippen LogP contribution is -2.15. The van der Waals surface area contributed by atoms with Gasteiger partial charge in [0.15, 0.2) is 4.77 Å². The van der Waals surface area contributed by atoms with Gasteiger partial charge in [0.1, 0.15) is 11.5 Å². The van der Waals surface area contributed by atoms with E-state index >= 15 is 0 Å². The van der Waals surface area contributed by atoms with Gasteiger partial charge in [-0.25, -0.2) is 9.78 Å². The number of anilines is 1. The van der Waals surface area contributed by atoms with Crippen molar-refractivity contribution in [2.45, 2.75) is 0 Å². The maximum atomic E-state index is 10.8. The summed E-state index contributed by atoms with van der Waals surface area (Å²) in [7, 11) is 3.51. The summed E-state index contributed by atoms with van der Waals surface area (Å²) in [5, 5.41) is 8.84. The van der Waals surface area contributed by atoms with Crippen molar-refractivity contribution in [1.29, 1.82) is 0 Å². The van der Waals surface area contributed by atoms with Crippen molar-refractivity contribution >= 4 is 39.9 Å². The molecular formula is C7H8BrN3O2S. The maximum absolute atomic E-state index is 10.8. The van der Waals surface area contributed by atoms with Gasteiger partial charge < -0.3 is 15.0 Å². The van der Waals surface area contributed by atoms with Crippen molar-refractivity contribution in [2.24, 2.45) is 0 Å². The molecule has 0 saturated carbocycles. The van der Waals surface area contributed by atoms with Gasteiger partial charge in [-0.3, -0.25) is 0 Å². The van der Waals surface area contributed by atoms with Crippen LogP contribution in [0.2, 0.25) is 0 Å². The van der Waals surface area contributed by atoms with Gasteiger partial charge in [-0.2, -0.15) is 0 Å². The topological polar surface area (TPSA) is 69.2 Å². The van der Waals surface area contributed by atoms with Gasteiger partial charge in [0, 0.05) is 14.1 Å². The average Bonchev–Trinajstić information content (AvgIpc) is 2.07. The summed E-state index contributed by atoms with van der Waals surface area (Å²) in [6.07, 6.45) is 0. The summed E-state index contributed by atoms with van der Waals surface area (Å²) in [5.41, 5.74) is 0.00806. The normalized spacial score (nSPS) is 9.93. The molecule has 0 atom stereocenters. The van der Waals surface area contributed by atoms with Gasteiger partial charge in [0.2, 0.25) is 0 Å². The van der Waals surface area contributed by atoms with E-state index in [-0.39, 0.29) is 10.5 Å². The molecule has 0 radical (unpaired) electrons. The first-order valence-corrected chi connectivity index (χ1v) is 4.84. The number of carboxylic acid groups (broad SMARTS) is 1. The third kappa shape index (κ3) is 2.10. The average molecular weight is 278 g/mol. The van der Waals surface area contributed by atoms with Gasteiger partial charge in [-0.1, -0.05) is 0 Å². The number of nitrogens with one attached hydrogen (secondary N) is 1. The number of aromatic nitrogens is 2. The molecule has 1 aromatic heterocycles. The van der Waals surface area contributed by atoms with E-state index < -0.39 is 5.97 Å². The Morgan fingerprint density at radius 1 is 1.64 bits per heavy atom. The molecule has 0 aliphatic heterocycles. The van der Waals surface area contributed by atoms with Crippen LogP contribution in [0.15, 0.2) is 4.47 Å². The molecular weight excluding hydrogens is 270 g/mol. The molecule has 0 saturated heterocycles. The van der Waals surface area contributed by atoms with Crippen molar-refractivity contribution < 1.29 is 9.90 Å². The predicted octanol–water partition coefficient (Wildman–Crippen LogP) is 1.67. The van der Waals surface area contributed by atoms with Gasteiger partial charge in [-0.05, 0) is 28.1 Å². The quantitative estimate of drug-likeness (QED) is 0.805. The first kappa shape index (κ1) is 11.1. The second-order valence-corrected chi connectivity index (χ2v) is 3.93. The van der Waals surface area contributed by atoms with Crippen LogP contribution in [0.25, 0.3) is 0 Å². The number of hydrogen-bond donors (Lipinski definition) is 2. The van der Waals surface area contributed by atoms with Crippen LogP contribution < -0.4 is 4.90 Å². The first-order valence-electron chi connectivity index (χ1n) is 3.64. The molecule has 0 aliphatic rings. The van der Waals surface area contributed by atoms with Crippen LogP contribution >= 0.6 is 28.1 Å². The Kier molecular flexibility index (Phi) is 3.22. The number of nitrogens with zero attached hydrogens (tertiary/aromatic N) is 2. The van der Waals surface area contributed by atoms with Crippen molar-refractivity contribution in [1.82, 2.24) is 9.97 Å². The van der Waals surface area contributed by atoms with Gasteiger partial charge >= 0.3 is 5.97 Å². The summed E-state index contributed by atoms with van der Waals surface area (Å²) in [6, 6.07) is 0. The second-order valence-electron chi connectivity index (χ2n) is 2.75. The molecule has 1 heterocycles. The van der Waals surface area contributed by atoms with Crippen molar-refractivity contribution in [2.75, 3.05) is 19.0 Å². The van der Waals surface area contributed by atoms with Crippen molar-refractivity contribution in [3.8, 4) is 0 Å². The number of aromatic carboxylic acids is 1. The largest absolute Gasteiger partial charge is 0.477 e. The fourth-order valence-electron chi connectivity index (χ4n) is 0.890. The third-order valence-electron chi connectivity index (χ3n) is 1.49. The Morgan fingerprint density at radius 3 is 2.64 bits per heavy atom. The first-order chi connectivity index (χ1) is 6.43. The molecule has 0 unspecified atom stereocenters. The van der Waals surface area contributed by atoms with E-state index in [9.17, 15) is 4.79 Å². The van der Waals surface area contributed by atoms with E-state index in [1.807, 2.05) is 0 Å². The molecule has 7 heteroatoms. The number of H-pyrrole nitrogens is 1. The molecule has 76 valence electrons. The maximum Gasteiger partial charge on any atom is 0.353 e. The molecule has 1 aromatic rings. The van der Waals surface area contributed by atoms with Crippen LogP contribution in [0.5, 0.6) is 0 Å². The van der Waals surface area contributed by atoms with E-state index in [1.165, 1.54) is 0 Å². The highest BCUT2D eigenvalue weighted by atomic mass is 79.9. The number of aromatic amines is 1. The number of carbonyl (C=O) groups is 1.